The molecular weight excluding hydrogens is 252 g/mol. The monoisotopic (exact) mass is 270 g/mol. The number of ketones is 2. The first-order valence-electron chi connectivity index (χ1n) is 5.74. The highest BCUT2D eigenvalue weighted by Crippen LogP contribution is 2.07. The zero-order chi connectivity index (χ0) is 15.2. The quantitative estimate of drug-likeness (QED) is 0.506. The van der Waals surface area contributed by atoms with Gasteiger partial charge < -0.3 is 9.47 Å². The Labute approximate surface area is 111 Å². The lowest BCUT2D eigenvalue weighted by Gasteiger charge is -2.12. The minimum atomic E-state index is -0.892. The van der Waals surface area contributed by atoms with Crippen LogP contribution in [-0.2, 0) is 28.7 Å². The van der Waals surface area contributed by atoms with Gasteiger partial charge in [0.15, 0.2) is 23.8 Å². The van der Waals surface area contributed by atoms with E-state index in [2.05, 4.69) is 6.58 Å². The Kier molecular flexibility index (Phi) is 6.68. The van der Waals surface area contributed by atoms with Gasteiger partial charge in [0.25, 0.3) is 0 Å². The van der Waals surface area contributed by atoms with Crippen LogP contribution in [0.4, 0.5) is 0 Å². The van der Waals surface area contributed by atoms with E-state index in [1.807, 2.05) is 0 Å². The molecule has 0 saturated heterocycles. The van der Waals surface area contributed by atoms with E-state index in [-0.39, 0.29) is 23.6 Å². The van der Waals surface area contributed by atoms with Crippen LogP contribution in [0.2, 0.25) is 0 Å². The molecule has 0 aromatic rings. The minimum Gasteiger partial charge on any atom is -0.454 e. The van der Waals surface area contributed by atoms with Crippen LogP contribution in [-0.4, -0.2) is 35.7 Å². The second-order valence-electron chi connectivity index (χ2n) is 4.18. The van der Waals surface area contributed by atoms with Crippen molar-refractivity contribution >= 4 is 23.5 Å². The second-order valence-corrected chi connectivity index (χ2v) is 4.18. The maximum Gasteiger partial charge on any atom is 0.334 e. The zero-order valence-electron chi connectivity index (χ0n) is 11.5. The Morgan fingerprint density at radius 3 is 1.79 bits per heavy atom. The fourth-order valence-corrected chi connectivity index (χ4v) is 0.895. The summed E-state index contributed by atoms with van der Waals surface area (Å²) in [6, 6.07) is 0. The molecule has 0 heterocycles. The largest absolute Gasteiger partial charge is 0.454 e. The topological polar surface area (TPSA) is 86.7 Å². The molecule has 19 heavy (non-hydrogen) atoms. The molecule has 0 radical (unpaired) electrons. The number of hydrogen-bond acceptors (Lipinski definition) is 6. The molecule has 0 N–H and O–H groups in total. The normalized spacial score (nSPS) is 13.1. The van der Waals surface area contributed by atoms with E-state index in [1.54, 1.807) is 0 Å². The fourth-order valence-electron chi connectivity index (χ4n) is 0.895. The first kappa shape index (κ1) is 17.0. The van der Waals surface area contributed by atoms with Crippen molar-refractivity contribution in [2.45, 2.75) is 46.3 Å². The molecule has 2 unspecified atom stereocenters. The van der Waals surface area contributed by atoms with Crippen LogP contribution in [0.3, 0.4) is 0 Å². The van der Waals surface area contributed by atoms with Crippen molar-refractivity contribution in [3.8, 4) is 0 Å². The molecule has 106 valence electrons. The van der Waals surface area contributed by atoms with Crippen LogP contribution in [0, 0.1) is 0 Å². The SMILES string of the molecule is C=C(CC(=O)OC(C)C(C)=O)C(=O)OC(C)C(C)=O. The first-order valence-corrected chi connectivity index (χ1v) is 5.74. The smallest absolute Gasteiger partial charge is 0.334 e. The highest BCUT2D eigenvalue weighted by molar-refractivity contribution is 5.95. The molecule has 0 rings (SSSR count). The van der Waals surface area contributed by atoms with Crippen molar-refractivity contribution in [3.05, 3.63) is 12.2 Å². The van der Waals surface area contributed by atoms with Gasteiger partial charge in [-0.15, -0.1) is 0 Å². The maximum absolute atomic E-state index is 11.5. The average Bonchev–Trinajstić information content (AvgIpc) is 2.27. The van der Waals surface area contributed by atoms with Gasteiger partial charge in [-0.1, -0.05) is 6.58 Å². The summed E-state index contributed by atoms with van der Waals surface area (Å²) in [4.78, 5) is 44.6. The summed E-state index contributed by atoms with van der Waals surface area (Å²) >= 11 is 0. The number of Topliss-reactive ketones (excluding diaryl/α,β-unsaturated/α-hetero) is 2. The van der Waals surface area contributed by atoms with Gasteiger partial charge in [0.1, 0.15) is 0 Å². The standard InChI is InChI=1S/C13H18O6/c1-7(13(17)19-11(5)9(3)15)6-12(16)18-10(4)8(2)14/h10-11H,1,6H2,2-5H3. The fraction of sp³-hybridized carbons (Fsp3) is 0.538. The maximum atomic E-state index is 11.5. The Balaban J connectivity index is 4.30. The van der Waals surface area contributed by atoms with Gasteiger partial charge in [0.05, 0.1) is 6.42 Å². The van der Waals surface area contributed by atoms with Crippen molar-refractivity contribution in [2.75, 3.05) is 0 Å². The molecule has 0 fully saturated rings. The number of esters is 2. The number of hydrogen-bond donors (Lipinski definition) is 0. The zero-order valence-corrected chi connectivity index (χ0v) is 11.5. The van der Waals surface area contributed by atoms with Crippen LogP contribution >= 0.6 is 0 Å². The molecule has 0 aromatic carbocycles. The molecule has 0 aliphatic rings. The lowest BCUT2D eigenvalue weighted by molar-refractivity contribution is -0.155. The van der Waals surface area contributed by atoms with Gasteiger partial charge >= 0.3 is 11.9 Å². The van der Waals surface area contributed by atoms with Gasteiger partial charge in [-0.25, -0.2) is 4.79 Å². The van der Waals surface area contributed by atoms with E-state index in [1.165, 1.54) is 27.7 Å². The summed E-state index contributed by atoms with van der Waals surface area (Å²) in [7, 11) is 0. The van der Waals surface area contributed by atoms with Gasteiger partial charge in [0.2, 0.25) is 0 Å². The van der Waals surface area contributed by atoms with Crippen molar-refractivity contribution in [1.82, 2.24) is 0 Å². The predicted molar refractivity (Wildman–Crippen MR) is 66.2 cm³/mol. The molecule has 0 saturated carbocycles. The van der Waals surface area contributed by atoms with Gasteiger partial charge in [-0.2, -0.15) is 0 Å². The number of carbonyl (C=O) groups excluding carboxylic acids is 4. The highest BCUT2D eigenvalue weighted by atomic mass is 16.6. The third-order valence-electron chi connectivity index (χ3n) is 2.38. The molecule has 6 heteroatoms. The van der Waals surface area contributed by atoms with Crippen LogP contribution in [0.1, 0.15) is 34.1 Å². The summed E-state index contributed by atoms with van der Waals surface area (Å²) in [6.07, 6.45) is -2.15. The minimum absolute atomic E-state index is 0.131. The second kappa shape index (κ2) is 7.45. The Hall–Kier alpha value is -1.98. The van der Waals surface area contributed by atoms with Crippen LogP contribution in [0.15, 0.2) is 12.2 Å². The van der Waals surface area contributed by atoms with Crippen molar-refractivity contribution in [3.63, 3.8) is 0 Å². The van der Waals surface area contributed by atoms with Crippen molar-refractivity contribution in [2.24, 2.45) is 0 Å². The van der Waals surface area contributed by atoms with Crippen molar-refractivity contribution < 1.29 is 28.7 Å². The summed E-state index contributed by atoms with van der Waals surface area (Å²) in [5.74, 6) is -2.20. The van der Waals surface area contributed by atoms with E-state index < -0.39 is 24.1 Å². The third-order valence-corrected chi connectivity index (χ3v) is 2.38. The Morgan fingerprint density at radius 1 is 0.947 bits per heavy atom. The summed E-state index contributed by atoms with van der Waals surface area (Å²) in [5.41, 5.74) is -0.131. The summed E-state index contributed by atoms with van der Waals surface area (Å²) in [6.45, 7) is 8.81. The van der Waals surface area contributed by atoms with E-state index in [0.717, 1.165) is 0 Å². The Morgan fingerprint density at radius 2 is 1.37 bits per heavy atom. The summed E-state index contributed by atoms with van der Waals surface area (Å²) in [5, 5.41) is 0. The Bertz CT molecular complexity index is 409. The molecule has 0 spiro atoms. The van der Waals surface area contributed by atoms with Gasteiger partial charge in [0, 0.05) is 5.57 Å². The first-order chi connectivity index (χ1) is 8.65. The van der Waals surface area contributed by atoms with E-state index in [4.69, 9.17) is 9.47 Å². The molecule has 6 nitrogen and oxygen atoms in total. The van der Waals surface area contributed by atoms with E-state index in [0.29, 0.717) is 0 Å². The van der Waals surface area contributed by atoms with Crippen LogP contribution < -0.4 is 0 Å². The molecule has 0 aliphatic carbocycles. The van der Waals surface area contributed by atoms with Crippen LogP contribution in [0.25, 0.3) is 0 Å². The highest BCUT2D eigenvalue weighted by Gasteiger charge is 2.20. The lowest BCUT2D eigenvalue weighted by Crippen LogP contribution is -2.25. The molecule has 0 amide bonds. The molecular formula is C13H18O6. The number of carbonyl (C=O) groups is 4. The van der Waals surface area contributed by atoms with Gasteiger partial charge in [-0.3, -0.25) is 14.4 Å². The summed E-state index contributed by atoms with van der Waals surface area (Å²) < 4.78 is 9.53. The van der Waals surface area contributed by atoms with Gasteiger partial charge in [-0.05, 0) is 27.7 Å². The van der Waals surface area contributed by atoms with Crippen molar-refractivity contribution in [1.29, 1.82) is 0 Å². The molecule has 0 aromatic heterocycles. The number of ether oxygens (including phenoxy) is 2. The van der Waals surface area contributed by atoms with Crippen LogP contribution in [0.5, 0.6) is 0 Å². The lowest BCUT2D eigenvalue weighted by atomic mass is 10.2. The molecule has 2 atom stereocenters. The number of rotatable bonds is 7. The van der Waals surface area contributed by atoms with E-state index in [9.17, 15) is 19.2 Å². The van der Waals surface area contributed by atoms with E-state index >= 15 is 0 Å². The predicted octanol–water partition coefficient (Wildman–Crippen LogP) is 0.974. The average molecular weight is 270 g/mol. The molecule has 0 aliphatic heterocycles. The molecule has 0 bridgehead atoms. The third kappa shape index (κ3) is 6.49.